The van der Waals surface area contributed by atoms with E-state index in [2.05, 4.69) is 9.97 Å². The highest BCUT2D eigenvalue weighted by atomic mass is 32.2. The molecule has 1 aromatic heterocycles. The number of rotatable bonds is 3. The highest BCUT2D eigenvalue weighted by Gasteiger charge is 2.01. The maximum Gasteiger partial charge on any atom is 0.251 e. The summed E-state index contributed by atoms with van der Waals surface area (Å²) >= 11 is 1.40. The van der Waals surface area contributed by atoms with Gasteiger partial charge in [-0.2, -0.15) is 0 Å². The molecule has 0 aliphatic rings. The third-order valence-corrected chi connectivity index (χ3v) is 3.07. The summed E-state index contributed by atoms with van der Waals surface area (Å²) in [5.41, 5.74) is 6.71. The molecule has 0 bridgehead atoms. The number of phenols is 1. The van der Waals surface area contributed by atoms with Crippen molar-refractivity contribution >= 4 is 17.4 Å². The summed E-state index contributed by atoms with van der Waals surface area (Å²) in [6.07, 6.45) is 1.46. The quantitative estimate of drug-likeness (QED) is 0.330. The van der Waals surface area contributed by atoms with E-state index >= 15 is 0 Å². The zero-order chi connectivity index (χ0) is 12.3. The summed E-state index contributed by atoms with van der Waals surface area (Å²) in [6.45, 7) is 0. The first kappa shape index (κ1) is 11.5. The minimum atomic E-state index is -0.173. The molecule has 0 saturated heterocycles. The Kier molecular flexibility index (Phi) is 3.34. The second-order valence-electron chi connectivity index (χ2n) is 3.42. The molecule has 0 atom stereocenters. The van der Waals surface area contributed by atoms with Gasteiger partial charge in [0.15, 0.2) is 5.16 Å². The topological polar surface area (TPSA) is 92.0 Å². The van der Waals surface area contributed by atoms with Crippen LogP contribution in [0.3, 0.4) is 0 Å². The molecule has 0 radical (unpaired) electrons. The third kappa shape index (κ3) is 3.01. The van der Waals surface area contributed by atoms with Crippen LogP contribution in [0.25, 0.3) is 0 Å². The van der Waals surface area contributed by atoms with Gasteiger partial charge in [-0.25, -0.2) is 4.98 Å². The molecule has 0 unspecified atom stereocenters. The number of aromatic nitrogens is 2. The van der Waals surface area contributed by atoms with Crippen LogP contribution >= 0.6 is 11.8 Å². The van der Waals surface area contributed by atoms with Crippen LogP contribution in [0.1, 0.15) is 5.56 Å². The number of hydrogen-bond donors (Lipinski definition) is 3. The molecule has 0 spiro atoms. The van der Waals surface area contributed by atoms with E-state index in [9.17, 15) is 9.90 Å². The molecule has 0 amide bonds. The van der Waals surface area contributed by atoms with E-state index in [0.29, 0.717) is 16.6 Å². The lowest BCUT2D eigenvalue weighted by Crippen LogP contribution is -2.05. The van der Waals surface area contributed by atoms with E-state index in [1.54, 1.807) is 18.2 Å². The van der Waals surface area contributed by atoms with Gasteiger partial charge in [-0.1, -0.05) is 17.8 Å². The van der Waals surface area contributed by atoms with E-state index < -0.39 is 0 Å². The predicted octanol–water partition coefficient (Wildman–Crippen LogP) is 1.35. The number of nitrogen functional groups attached to an aromatic ring is 1. The first-order chi connectivity index (χ1) is 8.15. The molecule has 0 aliphatic heterocycles. The van der Waals surface area contributed by atoms with E-state index in [4.69, 9.17) is 5.73 Å². The van der Waals surface area contributed by atoms with E-state index in [1.165, 1.54) is 24.0 Å². The second kappa shape index (κ2) is 4.92. The first-order valence-electron chi connectivity index (χ1n) is 4.90. The number of nitrogens with two attached hydrogens (primary N) is 1. The van der Waals surface area contributed by atoms with Gasteiger partial charge in [0.2, 0.25) is 0 Å². The molecule has 6 heteroatoms. The summed E-state index contributed by atoms with van der Waals surface area (Å²) in [5, 5.41) is 9.83. The van der Waals surface area contributed by atoms with Crippen molar-refractivity contribution in [2.75, 3.05) is 5.73 Å². The van der Waals surface area contributed by atoms with Crippen LogP contribution in [0.2, 0.25) is 0 Å². The fraction of sp³-hybridized carbons (Fsp3) is 0.0909. The van der Waals surface area contributed by atoms with E-state index in [-0.39, 0.29) is 11.3 Å². The maximum absolute atomic E-state index is 11.0. The molecule has 4 N–H and O–H groups in total. The Morgan fingerprint density at radius 1 is 1.41 bits per heavy atom. The van der Waals surface area contributed by atoms with Crippen LogP contribution in [0.15, 0.2) is 40.4 Å². The molecule has 88 valence electrons. The Hall–Kier alpha value is -1.95. The molecular formula is C11H11N3O2S. The number of nitrogens with zero attached hydrogens (tertiary/aromatic N) is 1. The van der Waals surface area contributed by atoms with Crippen LogP contribution in [0, 0.1) is 0 Å². The van der Waals surface area contributed by atoms with E-state index in [0.717, 1.165) is 5.56 Å². The van der Waals surface area contributed by atoms with Gasteiger partial charge in [-0.15, -0.1) is 0 Å². The number of H-pyrrole nitrogens is 1. The average molecular weight is 249 g/mol. The zero-order valence-corrected chi connectivity index (χ0v) is 9.70. The largest absolute Gasteiger partial charge is 0.506 e. The highest BCUT2D eigenvalue weighted by Crippen LogP contribution is 2.24. The van der Waals surface area contributed by atoms with Gasteiger partial charge < -0.3 is 15.8 Å². The summed E-state index contributed by atoms with van der Waals surface area (Å²) in [4.78, 5) is 17.7. The van der Waals surface area contributed by atoms with Gasteiger partial charge in [0.05, 0.1) is 5.69 Å². The highest BCUT2D eigenvalue weighted by molar-refractivity contribution is 7.98. The molecule has 5 nitrogen and oxygen atoms in total. The molecule has 0 fully saturated rings. The van der Waals surface area contributed by atoms with Crippen LogP contribution in [-0.2, 0) is 5.75 Å². The van der Waals surface area contributed by atoms with Gasteiger partial charge in [0, 0.05) is 18.0 Å². The van der Waals surface area contributed by atoms with E-state index in [1.807, 2.05) is 0 Å². The lowest BCUT2D eigenvalue weighted by atomic mass is 10.2. The molecule has 1 aromatic carbocycles. The lowest BCUT2D eigenvalue weighted by Gasteiger charge is -2.03. The summed E-state index contributed by atoms with van der Waals surface area (Å²) in [6, 6.07) is 6.39. The number of hydrogen-bond acceptors (Lipinski definition) is 5. The summed E-state index contributed by atoms with van der Waals surface area (Å²) < 4.78 is 0. The van der Waals surface area contributed by atoms with Crippen LogP contribution < -0.4 is 11.3 Å². The Bertz CT molecular complexity index is 583. The fourth-order valence-electron chi connectivity index (χ4n) is 1.27. The lowest BCUT2D eigenvalue weighted by molar-refractivity contribution is 0.478. The molecule has 0 saturated carbocycles. The number of aromatic hydroxyl groups is 1. The zero-order valence-electron chi connectivity index (χ0n) is 8.88. The van der Waals surface area contributed by atoms with Crippen molar-refractivity contribution in [3.8, 4) is 5.75 Å². The van der Waals surface area contributed by atoms with Gasteiger partial charge >= 0.3 is 0 Å². The second-order valence-corrected chi connectivity index (χ2v) is 4.39. The first-order valence-corrected chi connectivity index (χ1v) is 5.89. The Morgan fingerprint density at radius 2 is 2.24 bits per heavy atom. The summed E-state index contributed by atoms with van der Waals surface area (Å²) in [5.74, 6) is 0.697. The number of nitrogens with one attached hydrogen (secondary N) is 1. The third-order valence-electron chi connectivity index (χ3n) is 2.12. The van der Waals surface area contributed by atoms with Crippen LogP contribution in [-0.4, -0.2) is 15.1 Å². The minimum absolute atomic E-state index is 0.0741. The standard InChI is InChI=1S/C11H11N3O2S/c12-8-5-7(1-2-9(8)15)6-17-11-13-4-3-10(16)14-11/h1-5,15H,6,12H2,(H,13,14,16). The Labute approximate surface area is 102 Å². The predicted molar refractivity (Wildman–Crippen MR) is 66.9 cm³/mol. The Balaban J connectivity index is 2.07. The van der Waals surface area contributed by atoms with Gasteiger partial charge in [-0.05, 0) is 17.7 Å². The smallest absolute Gasteiger partial charge is 0.251 e. The van der Waals surface area contributed by atoms with Crippen LogP contribution in [0.5, 0.6) is 5.75 Å². The van der Waals surface area contributed by atoms with Gasteiger partial charge in [0.25, 0.3) is 5.56 Å². The van der Waals surface area contributed by atoms with Crippen molar-refractivity contribution in [2.24, 2.45) is 0 Å². The molecular weight excluding hydrogens is 238 g/mol. The van der Waals surface area contributed by atoms with Gasteiger partial charge in [0.1, 0.15) is 5.75 Å². The summed E-state index contributed by atoms with van der Waals surface area (Å²) in [7, 11) is 0. The number of thioether (sulfide) groups is 1. The van der Waals surface area contributed by atoms with Crippen molar-refractivity contribution < 1.29 is 5.11 Å². The van der Waals surface area contributed by atoms with Crippen molar-refractivity contribution in [2.45, 2.75) is 10.9 Å². The van der Waals surface area contributed by atoms with Crippen LogP contribution in [0.4, 0.5) is 5.69 Å². The Morgan fingerprint density at radius 3 is 2.94 bits per heavy atom. The minimum Gasteiger partial charge on any atom is -0.506 e. The molecule has 17 heavy (non-hydrogen) atoms. The molecule has 2 aromatic rings. The van der Waals surface area contributed by atoms with Crippen molar-refractivity contribution in [3.63, 3.8) is 0 Å². The number of phenolic OH excluding ortho intramolecular Hbond substituents is 1. The SMILES string of the molecule is Nc1cc(CSc2nccc(=O)[nH]2)ccc1O. The number of anilines is 1. The monoisotopic (exact) mass is 249 g/mol. The van der Waals surface area contributed by atoms with Crippen molar-refractivity contribution in [1.82, 2.24) is 9.97 Å². The number of benzene rings is 1. The average Bonchev–Trinajstić information content (AvgIpc) is 2.31. The normalized spacial score (nSPS) is 10.4. The van der Waals surface area contributed by atoms with Crippen molar-refractivity contribution in [1.29, 1.82) is 0 Å². The van der Waals surface area contributed by atoms with Gasteiger partial charge in [-0.3, -0.25) is 4.79 Å². The molecule has 0 aliphatic carbocycles. The van der Waals surface area contributed by atoms with Crippen molar-refractivity contribution in [3.05, 3.63) is 46.4 Å². The number of aromatic amines is 1. The molecule has 2 rings (SSSR count). The molecule has 1 heterocycles. The fourth-order valence-corrected chi connectivity index (χ4v) is 2.06. The maximum atomic E-state index is 11.0.